The van der Waals surface area contributed by atoms with E-state index >= 15 is 0 Å². The SMILES string of the molecule is Cc1ccc2scc(C(=O)NC3CCC[C@H](C(C)(C)C)[C@@H]3CC=CCCCC(=O)O)c2c1. The van der Waals surface area contributed by atoms with Crippen LogP contribution in [0.15, 0.2) is 35.7 Å². The van der Waals surface area contributed by atoms with Gasteiger partial charge in [0.15, 0.2) is 0 Å². The molecule has 0 aliphatic heterocycles. The first kappa shape index (κ1) is 24.5. The average molecular weight is 456 g/mol. The number of rotatable bonds is 8. The summed E-state index contributed by atoms with van der Waals surface area (Å²) >= 11 is 1.63. The van der Waals surface area contributed by atoms with E-state index in [1.165, 1.54) is 12.0 Å². The van der Waals surface area contributed by atoms with Gasteiger partial charge in [0.2, 0.25) is 0 Å². The fourth-order valence-corrected chi connectivity index (χ4v) is 6.08. The molecule has 3 rings (SSSR count). The summed E-state index contributed by atoms with van der Waals surface area (Å²) in [6.45, 7) is 8.98. The Bertz CT molecular complexity index is 969. The molecule has 1 amide bonds. The Labute approximate surface area is 196 Å². The number of nitrogens with one attached hydrogen (secondary N) is 1. The van der Waals surface area contributed by atoms with Gasteiger partial charge >= 0.3 is 5.97 Å². The third-order valence-corrected chi connectivity index (χ3v) is 7.77. The van der Waals surface area contributed by atoms with Crippen molar-refractivity contribution in [2.24, 2.45) is 17.3 Å². The van der Waals surface area contributed by atoms with Crippen molar-refractivity contribution in [2.75, 3.05) is 0 Å². The quantitative estimate of drug-likeness (QED) is 0.333. The zero-order valence-electron chi connectivity index (χ0n) is 19.8. The molecule has 5 heteroatoms. The molecule has 0 bridgehead atoms. The number of carbonyl (C=O) groups excluding carboxylic acids is 1. The molecule has 1 heterocycles. The van der Waals surface area contributed by atoms with Crippen LogP contribution in [-0.2, 0) is 4.79 Å². The van der Waals surface area contributed by atoms with Gasteiger partial charge in [0.1, 0.15) is 0 Å². The Hall–Kier alpha value is -2.14. The number of aryl methyl sites for hydroxylation is 1. The van der Waals surface area contributed by atoms with Gasteiger partial charge in [-0.2, -0.15) is 0 Å². The molecule has 0 saturated heterocycles. The number of allylic oxidation sites excluding steroid dienone is 2. The second-order valence-electron chi connectivity index (χ2n) is 10.3. The smallest absolute Gasteiger partial charge is 0.303 e. The number of carboxylic acids is 1. The van der Waals surface area contributed by atoms with Crippen molar-refractivity contribution in [1.82, 2.24) is 5.32 Å². The number of hydrogen-bond acceptors (Lipinski definition) is 3. The van der Waals surface area contributed by atoms with Gasteiger partial charge in [-0.25, -0.2) is 0 Å². The maximum absolute atomic E-state index is 13.3. The molecule has 0 radical (unpaired) electrons. The highest BCUT2D eigenvalue weighted by molar-refractivity contribution is 7.17. The lowest BCUT2D eigenvalue weighted by Crippen LogP contribution is -2.48. The molecular weight excluding hydrogens is 418 g/mol. The predicted octanol–water partition coefficient (Wildman–Crippen LogP) is 6.97. The van der Waals surface area contributed by atoms with E-state index in [2.05, 4.69) is 63.4 Å². The van der Waals surface area contributed by atoms with Gasteiger partial charge in [0.05, 0.1) is 5.56 Å². The number of unbranched alkanes of at least 4 members (excludes halogenated alkanes) is 1. The molecule has 1 unspecified atom stereocenters. The van der Waals surface area contributed by atoms with Crippen molar-refractivity contribution in [2.45, 2.75) is 78.7 Å². The van der Waals surface area contributed by atoms with E-state index in [1.807, 2.05) is 5.38 Å². The van der Waals surface area contributed by atoms with E-state index in [4.69, 9.17) is 5.11 Å². The Morgan fingerprint density at radius 3 is 2.72 bits per heavy atom. The highest BCUT2D eigenvalue weighted by atomic mass is 32.1. The van der Waals surface area contributed by atoms with Crippen LogP contribution >= 0.6 is 11.3 Å². The standard InChI is InChI=1S/C27H37NO3S/c1-18-14-15-24-20(16-18)21(17-32-24)26(31)28-23-12-9-11-22(27(2,3)4)19(23)10-7-5-6-8-13-25(29)30/h5,7,14-17,19,22-23H,6,8-13H2,1-4H3,(H,28,31)(H,29,30)/t19-,22-,23?/m0/s1. The molecular formula is C27H37NO3S. The second kappa shape index (κ2) is 10.7. The van der Waals surface area contributed by atoms with E-state index < -0.39 is 5.97 Å². The highest BCUT2D eigenvalue weighted by Crippen LogP contribution is 2.43. The Morgan fingerprint density at radius 1 is 1.22 bits per heavy atom. The summed E-state index contributed by atoms with van der Waals surface area (Å²) in [4.78, 5) is 24.0. The molecule has 0 spiro atoms. The van der Waals surface area contributed by atoms with Gasteiger partial charge in [-0.1, -0.05) is 51.0 Å². The third-order valence-electron chi connectivity index (χ3n) is 6.80. The van der Waals surface area contributed by atoms with Crippen LogP contribution in [-0.4, -0.2) is 23.0 Å². The minimum absolute atomic E-state index is 0.0387. The molecule has 4 nitrogen and oxygen atoms in total. The Kier molecular flexibility index (Phi) is 8.16. The number of thiophene rings is 1. The molecule has 1 saturated carbocycles. The van der Waals surface area contributed by atoms with Crippen LogP contribution < -0.4 is 5.32 Å². The summed E-state index contributed by atoms with van der Waals surface area (Å²) in [7, 11) is 0. The number of fused-ring (bicyclic) bond motifs is 1. The minimum atomic E-state index is -0.739. The van der Waals surface area contributed by atoms with Crippen LogP contribution in [0.1, 0.15) is 81.6 Å². The van der Waals surface area contributed by atoms with Crippen molar-refractivity contribution in [3.8, 4) is 0 Å². The van der Waals surface area contributed by atoms with Gasteiger partial charge in [0, 0.05) is 27.9 Å². The van der Waals surface area contributed by atoms with Crippen LogP contribution in [0.2, 0.25) is 0 Å². The van der Waals surface area contributed by atoms with Crippen LogP contribution in [0.25, 0.3) is 10.1 Å². The minimum Gasteiger partial charge on any atom is -0.481 e. The summed E-state index contributed by atoms with van der Waals surface area (Å²) < 4.78 is 1.15. The fraction of sp³-hybridized carbons (Fsp3) is 0.556. The van der Waals surface area contributed by atoms with Gasteiger partial charge in [-0.05, 0) is 68.4 Å². The summed E-state index contributed by atoms with van der Waals surface area (Å²) in [5, 5.41) is 15.3. The molecule has 1 aliphatic rings. The van der Waals surface area contributed by atoms with Crippen molar-refractivity contribution in [1.29, 1.82) is 0 Å². The fourth-order valence-electron chi connectivity index (χ4n) is 5.16. The number of carbonyl (C=O) groups is 2. The first-order chi connectivity index (χ1) is 15.2. The van der Waals surface area contributed by atoms with Gasteiger partial charge in [0.25, 0.3) is 5.91 Å². The van der Waals surface area contributed by atoms with Crippen LogP contribution in [0.5, 0.6) is 0 Å². The summed E-state index contributed by atoms with van der Waals surface area (Å²) in [6, 6.07) is 6.45. The molecule has 1 aromatic heterocycles. The maximum atomic E-state index is 13.3. The first-order valence-corrected chi connectivity index (χ1v) is 12.7. The maximum Gasteiger partial charge on any atom is 0.303 e. The van der Waals surface area contributed by atoms with E-state index in [9.17, 15) is 9.59 Å². The Morgan fingerprint density at radius 2 is 2.00 bits per heavy atom. The number of aliphatic carboxylic acids is 1. The van der Waals surface area contributed by atoms with Crippen molar-refractivity contribution in [3.63, 3.8) is 0 Å². The summed E-state index contributed by atoms with van der Waals surface area (Å²) in [6.07, 6.45) is 10.2. The van der Waals surface area contributed by atoms with E-state index in [0.717, 1.165) is 41.3 Å². The topological polar surface area (TPSA) is 66.4 Å². The van der Waals surface area contributed by atoms with Gasteiger partial charge in [-0.15, -0.1) is 11.3 Å². The van der Waals surface area contributed by atoms with Crippen molar-refractivity contribution < 1.29 is 14.7 Å². The average Bonchev–Trinajstić information content (AvgIpc) is 3.13. The van der Waals surface area contributed by atoms with Crippen LogP contribution in [0.4, 0.5) is 0 Å². The highest BCUT2D eigenvalue weighted by Gasteiger charge is 2.39. The number of carboxylic acid groups (broad SMARTS) is 1. The van der Waals surface area contributed by atoms with Crippen molar-refractivity contribution in [3.05, 3.63) is 46.9 Å². The van der Waals surface area contributed by atoms with Gasteiger partial charge < -0.3 is 10.4 Å². The normalized spacial score (nSPS) is 21.8. The molecule has 2 aromatic rings. The molecule has 174 valence electrons. The molecule has 2 N–H and O–H groups in total. The lowest BCUT2D eigenvalue weighted by atomic mass is 9.63. The van der Waals surface area contributed by atoms with E-state index in [1.54, 1.807) is 11.3 Å². The van der Waals surface area contributed by atoms with Crippen LogP contribution in [0, 0.1) is 24.2 Å². The predicted molar refractivity (Wildman–Crippen MR) is 133 cm³/mol. The molecule has 32 heavy (non-hydrogen) atoms. The monoisotopic (exact) mass is 455 g/mol. The van der Waals surface area contributed by atoms with Gasteiger partial charge in [-0.3, -0.25) is 9.59 Å². The molecule has 1 fully saturated rings. The number of amides is 1. The van der Waals surface area contributed by atoms with Crippen molar-refractivity contribution >= 4 is 33.3 Å². The largest absolute Gasteiger partial charge is 0.481 e. The molecule has 1 aromatic carbocycles. The van der Waals surface area contributed by atoms with E-state index in [0.29, 0.717) is 18.3 Å². The summed E-state index contributed by atoms with van der Waals surface area (Å²) in [5.74, 6) is 0.219. The van der Waals surface area contributed by atoms with E-state index in [-0.39, 0.29) is 23.8 Å². The lowest BCUT2D eigenvalue weighted by molar-refractivity contribution is -0.137. The molecule has 1 aliphatic carbocycles. The number of benzene rings is 1. The summed E-state index contributed by atoms with van der Waals surface area (Å²) in [5.41, 5.74) is 2.13. The second-order valence-corrected chi connectivity index (χ2v) is 11.2. The third kappa shape index (κ3) is 6.22. The lowest BCUT2D eigenvalue weighted by Gasteiger charge is -2.45. The molecule has 3 atom stereocenters. The zero-order chi connectivity index (χ0) is 23.3. The van der Waals surface area contributed by atoms with Crippen LogP contribution in [0.3, 0.4) is 0 Å². The zero-order valence-corrected chi connectivity index (χ0v) is 20.6. The first-order valence-electron chi connectivity index (χ1n) is 11.8. The Balaban J connectivity index is 1.74. The number of hydrogen-bond donors (Lipinski definition) is 2.